The summed E-state index contributed by atoms with van der Waals surface area (Å²) in [4.78, 5) is 21.2. The van der Waals surface area contributed by atoms with Gasteiger partial charge in [0.25, 0.3) is 10.0 Å². The van der Waals surface area contributed by atoms with Crippen LogP contribution in [-0.4, -0.2) is 38.8 Å². The highest BCUT2D eigenvalue weighted by atomic mass is 32.2. The standard InChI is InChI=1S/C22H22N4O4S2/c1-30-18-9-7-15(8-10-18)22-25-17(14-31-22)13-21(27)24-16-4-2-5-19(12-16)32(28,29)26-20-6-3-11-23-20/h2,4-5,7-10,12,14H,3,6,11,13H2,1H3,(H,23,26)(H,24,27). The van der Waals surface area contributed by atoms with Crippen LogP contribution in [0.1, 0.15) is 18.5 Å². The summed E-state index contributed by atoms with van der Waals surface area (Å²) in [7, 11) is -2.13. The first-order chi connectivity index (χ1) is 15.4. The van der Waals surface area contributed by atoms with Gasteiger partial charge in [0.2, 0.25) is 5.91 Å². The van der Waals surface area contributed by atoms with E-state index in [0.717, 1.165) is 22.7 Å². The molecule has 166 valence electrons. The van der Waals surface area contributed by atoms with Crippen molar-refractivity contribution < 1.29 is 17.9 Å². The van der Waals surface area contributed by atoms with Crippen LogP contribution in [0, 0.1) is 0 Å². The summed E-state index contributed by atoms with van der Waals surface area (Å²) >= 11 is 1.45. The maximum atomic E-state index is 12.6. The predicted octanol–water partition coefficient (Wildman–Crippen LogP) is 3.47. The van der Waals surface area contributed by atoms with Crippen molar-refractivity contribution in [2.45, 2.75) is 24.2 Å². The van der Waals surface area contributed by atoms with Crippen LogP contribution in [-0.2, 0) is 21.2 Å². The number of amides is 1. The highest BCUT2D eigenvalue weighted by molar-refractivity contribution is 7.90. The van der Waals surface area contributed by atoms with Gasteiger partial charge in [0.1, 0.15) is 16.6 Å². The molecule has 1 aliphatic heterocycles. The Morgan fingerprint density at radius 3 is 2.72 bits per heavy atom. The molecule has 0 radical (unpaired) electrons. The average molecular weight is 471 g/mol. The van der Waals surface area contributed by atoms with Crippen molar-refractivity contribution in [1.82, 2.24) is 9.71 Å². The fourth-order valence-corrected chi connectivity index (χ4v) is 5.16. The normalized spacial score (nSPS) is 13.5. The minimum Gasteiger partial charge on any atom is -0.497 e. The first kappa shape index (κ1) is 22.0. The van der Waals surface area contributed by atoms with Crippen LogP contribution in [0.3, 0.4) is 0 Å². The van der Waals surface area contributed by atoms with E-state index in [-0.39, 0.29) is 17.2 Å². The number of carbonyl (C=O) groups excluding carboxylic acids is 1. The molecule has 0 spiro atoms. The molecule has 0 fully saturated rings. The van der Waals surface area contributed by atoms with Gasteiger partial charge >= 0.3 is 0 Å². The Balaban J connectivity index is 1.40. The number of hydrogen-bond acceptors (Lipinski definition) is 7. The molecule has 0 saturated heterocycles. The summed E-state index contributed by atoms with van der Waals surface area (Å²) in [6, 6.07) is 13.7. The molecule has 4 rings (SSSR count). The number of amidine groups is 1. The Morgan fingerprint density at radius 2 is 2.00 bits per heavy atom. The van der Waals surface area contributed by atoms with Crippen molar-refractivity contribution in [1.29, 1.82) is 0 Å². The van der Waals surface area contributed by atoms with Gasteiger partial charge in [-0.3, -0.25) is 14.5 Å². The fraction of sp³-hybridized carbons (Fsp3) is 0.227. The zero-order chi connectivity index (χ0) is 22.6. The van der Waals surface area contributed by atoms with Gasteiger partial charge in [0.15, 0.2) is 0 Å². The number of sulfonamides is 1. The fourth-order valence-electron chi connectivity index (χ4n) is 3.20. The van der Waals surface area contributed by atoms with Crippen LogP contribution in [0.5, 0.6) is 5.75 Å². The molecular formula is C22H22N4O4S2. The van der Waals surface area contributed by atoms with E-state index in [1.54, 1.807) is 19.2 Å². The van der Waals surface area contributed by atoms with Crippen LogP contribution in [0.15, 0.2) is 63.8 Å². The second kappa shape index (κ2) is 9.49. The molecule has 3 aromatic rings. The zero-order valence-corrected chi connectivity index (χ0v) is 19.0. The number of nitrogens with zero attached hydrogens (tertiary/aromatic N) is 2. The number of nitrogens with one attached hydrogen (secondary N) is 2. The predicted molar refractivity (Wildman–Crippen MR) is 125 cm³/mol. The maximum absolute atomic E-state index is 12.6. The Morgan fingerprint density at radius 1 is 1.19 bits per heavy atom. The second-order valence-electron chi connectivity index (χ2n) is 7.16. The van der Waals surface area contributed by atoms with Crippen LogP contribution in [0.4, 0.5) is 5.69 Å². The number of rotatable bonds is 7. The third-order valence-electron chi connectivity index (χ3n) is 4.79. The van der Waals surface area contributed by atoms with Crippen LogP contribution >= 0.6 is 11.3 Å². The van der Waals surface area contributed by atoms with E-state index in [1.807, 2.05) is 29.6 Å². The Labute approximate surface area is 190 Å². The van der Waals surface area contributed by atoms with E-state index in [1.165, 1.54) is 23.5 Å². The number of methoxy groups -OCH3 is 1. The van der Waals surface area contributed by atoms with E-state index in [4.69, 9.17) is 4.74 Å². The first-order valence-electron chi connectivity index (χ1n) is 9.98. The summed E-state index contributed by atoms with van der Waals surface area (Å²) in [5.74, 6) is 0.954. The van der Waals surface area contributed by atoms with Crippen molar-refractivity contribution >= 4 is 38.8 Å². The van der Waals surface area contributed by atoms with Crippen molar-refractivity contribution in [3.05, 3.63) is 59.6 Å². The molecule has 8 nitrogen and oxygen atoms in total. The molecule has 0 bridgehead atoms. The Bertz CT molecular complexity index is 1250. The lowest BCUT2D eigenvalue weighted by Gasteiger charge is -2.10. The van der Waals surface area contributed by atoms with Crippen molar-refractivity contribution in [3.63, 3.8) is 0 Å². The molecule has 2 heterocycles. The minimum absolute atomic E-state index is 0.0698. The Kier molecular flexibility index (Phi) is 6.52. The molecule has 10 heteroatoms. The molecule has 32 heavy (non-hydrogen) atoms. The summed E-state index contributed by atoms with van der Waals surface area (Å²) in [5.41, 5.74) is 1.99. The number of hydrogen-bond donors (Lipinski definition) is 2. The molecule has 2 aromatic carbocycles. The van der Waals surface area contributed by atoms with Gasteiger partial charge in [0, 0.05) is 29.6 Å². The molecule has 0 aliphatic carbocycles. The van der Waals surface area contributed by atoms with Crippen molar-refractivity contribution in [3.8, 4) is 16.3 Å². The van der Waals surface area contributed by atoms with E-state index in [9.17, 15) is 13.2 Å². The second-order valence-corrected chi connectivity index (χ2v) is 9.70. The van der Waals surface area contributed by atoms with Gasteiger partial charge in [0.05, 0.1) is 24.1 Å². The van der Waals surface area contributed by atoms with Gasteiger partial charge in [-0.05, 0) is 48.9 Å². The smallest absolute Gasteiger partial charge is 0.262 e. The number of ether oxygens (including phenoxy) is 1. The number of benzene rings is 2. The van der Waals surface area contributed by atoms with Crippen LogP contribution in [0.25, 0.3) is 10.6 Å². The lowest BCUT2D eigenvalue weighted by Crippen LogP contribution is -2.29. The lowest BCUT2D eigenvalue weighted by molar-refractivity contribution is -0.115. The number of thiazole rings is 1. The largest absolute Gasteiger partial charge is 0.497 e. The maximum Gasteiger partial charge on any atom is 0.262 e. The first-order valence-corrected chi connectivity index (χ1v) is 12.3. The van der Waals surface area contributed by atoms with Gasteiger partial charge in [-0.2, -0.15) is 0 Å². The summed E-state index contributed by atoms with van der Waals surface area (Å²) in [5, 5.41) is 5.40. The molecule has 0 saturated carbocycles. The van der Waals surface area contributed by atoms with Gasteiger partial charge < -0.3 is 10.1 Å². The highest BCUT2D eigenvalue weighted by Gasteiger charge is 2.19. The average Bonchev–Trinajstić information content (AvgIpc) is 3.46. The van der Waals surface area contributed by atoms with Crippen molar-refractivity contribution in [2.24, 2.45) is 4.99 Å². The third-order valence-corrected chi connectivity index (χ3v) is 7.10. The monoisotopic (exact) mass is 470 g/mol. The highest BCUT2D eigenvalue weighted by Crippen LogP contribution is 2.26. The minimum atomic E-state index is -3.74. The van der Waals surface area contributed by atoms with E-state index >= 15 is 0 Å². The Hall–Kier alpha value is -3.24. The van der Waals surface area contributed by atoms with Gasteiger partial charge in [-0.1, -0.05) is 6.07 Å². The molecular weight excluding hydrogens is 448 g/mol. The van der Waals surface area contributed by atoms with E-state index in [2.05, 4.69) is 20.0 Å². The summed E-state index contributed by atoms with van der Waals surface area (Å²) < 4.78 is 32.8. The quantitative estimate of drug-likeness (QED) is 0.549. The molecule has 1 amide bonds. The van der Waals surface area contributed by atoms with Crippen LogP contribution in [0.2, 0.25) is 0 Å². The summed E-state index contributed by atoms with van der Waals surface area (Å²) in [6.07, 6.45) is 1.53. The molecule has 0 atom stereocenters. The SMILES string of the molecule is COc1ccc(-c2nc(CC(=O)Nc3cccc(S(=O)(=O)NC4=NCCC4)c3)cs2)cc1. The number of carbonyl (C=O) groups is 1. The van der Waals surface area contributed by atoms with E-state index in [0.29, 0.717) is 30.2 Å². The lowest BCUT2D eigenvalue weighted by atomic mass is 10.2. The van der Waals surface area contributed by atoms with E-state index < -0.39 is 10.0 Å². The number of anilines is 1. The molecule has 2 N–H and O–H groups in total. The van der Waals surface area contributed by atoms with Crippen molar-refractivity contribution in [2.75, 3.05) is 19.0 Å². The topological polar surface area (TPSA) is 110 Å². The van der Waals surface area contributed by atoms with Gasteiger partial charge in [-0.15, -0.1) is 11.3 Å². The third kappa shape index (κ3) is 5.32. The summed E-state index contributed by atoms with van der Waals surface area (Å²) in [6.45, 7) is 0.630. The molecule has 0 unspecified atom stereocenters. The molecule has 1 aromatic heterocycles. The molecule has 1 aliphatic rings. The number of aromatic nitrogens is 1. The van der Waals surface area contributed by atoms with Crippen LogP contribution < -0.4 is 14.8 Å². The number of aliphatic imine (C=N–C) groups is 1. The van der Waals surface area contributed by atoms with Gasteiger partial charge in [-0.25, -0.2) is 13.4 Å². The zero-order valence-electron chi connectivity index (χ0n) is 17.4.